The van der Waals surface area contributed by atoms with Gasteiger partial charge in [-0.25, -0.2) is 0 Å². The highest BCUT2D eigenvalue weighted by Gasteiger charge is 2.27. The molecule has 1 amide bonds. The summed E-state index contributed by atoms with van der Waals surface area (Å²) >= 11 is 0. The lowest BCUT2D eigenvalue weighted by atomic mass is 9.86. The maximum Gasteiger partial charge on any atom is 0.256 e. The number of hydrogen-bond acceptors (Lipinski definition) is 3. The van der Waals surface area contributed by atoms with E-state index in [-0.39, 0.29) is 5.91 Å². The quantitative estimate of drug-likeness (QED) is 0.918. The molecule has 1 saturated carbocycles. The minimum absolute atomic E-state index is 0.0995. The molecule has 2 rings (SSSR count). The van der Waals surface area contributed by atoms with Crippen LogP contribution in [0.1, 0.15) is 49.9 Å². The van der Waals surface area contributed by atoms with Crippen LogP contribution in [0.15, 0.2) is 18.5 Å². The lowest BCUT2D eigenvalue weighted by Crippen LogP contribution is -2.40. The Balaban J connectivity index is 2.13. The third-order valence-electron chi connectivity index (χ3n) is 4.20. The number of hydrogen-bond donors (Lipinski definition) is 1. The van der Waals surface area contributed by atoms with Crippen molar-refractivity contribution in [3.05, 3.63) is 24.0 Å². The Labute approximate surface area is 121 Å². The molecule has 1 heterocycles. The largest absolute Gasteiger partial charge is 0.383 e. The minimum atomic E-state index is 0.0995. The molecule has 1 aliphatic rings. The van der Waals surface area contributed by atoms with Gasteiger partial charge in [0.1, 0.15) is 0 Å². The molecule has 1 aromatic rings. The summed E-state index contributed by atoms with van der Waals surface area (Å²) in [6.45, 7) is 5.09. The molecule has 0 saturated heterocycles. The van der Waals surface area contributed by atoms with Crippen LogP contribution in [0.25, 0.3) is 0 Å². The van der Waals surface area contributed by atoms with E-state index in [1.165, 1.54) is 12.8 Å². The molecule has 1 aliphatic carbocycles. The summed E-state index contributed by atoms with van der Waals surface area (Å²) in [6.07, 6.45) is 8.16. The zero-order valence-corrected chi connectivity index (χ0v) is 12.7. The third kappa shape index (κ3) is 3.30. The van der Waals surface area contributed by atoms with E-state index >= 15 is 0 Å². The van der Waals surface area contributed by atoms with Crippen molar-refractivity contribution in [2.75, 3.05) is 18.9 Å². The SMILES string of the molecule is CCNc1cnccc1C(=O)N(C)C1CCCC(C)C1. The van der Waals surface area contributed by atoms with Crippen molar-refractivity contribution in [3.63, 3.8) is 0 Å². The van der Waals surface area contributed by atoms with Gasteiger partial charge in [-0.15, -0.1) is 0 Å². The van der Waals surface area contributed by atoms with Crippen LogP contribution >= 0.6 is 0 Å². The highest BCUT2D eigenvalue weighted by Crippen LogP contribution is 2.28. The van der Waals surface area contributed by atoms with Crippen LogP contribution in [0.2, 0.25) is 0 Å². The first kappa shape index (κ1) is 14.8. The Morgan fingerprint density at radius 3 is 3.00 bits per heavy atom. The van der Waals surface area contributed by atoms with Crippen molar-refractivity contribution < 1.29 is 4.79 Å². The molecular weight excluding hydrogens is 250 g/mol. The van der Waals surface area contributed by atoms with E-state index in [1.807, 2.05) is 24.9 Å². The Kier molecular flexibility index (Phi) is 4.99. The Hall–Kier alpha value is -1.58. The molecule has 20 heavy (non-hydrogen) atoms. The molecule has 1 fully saturated rings. The van der Waals surface area contributed by atoms with Gasteiger partial charge in [-0.1, -0.05) is 19.8 Å². The molecule has 1 aromatic heterocycles. The summed E-state index contributed by atoms with van der Waals surface area (Å²) in [5.41, 5.74) is 1.55. The van der Waals surface area contributed by atoms with Gasteiger partial charge in [0.2, 0.25) is 0 Å². The van der Waals surface area contributed by atoms with Gasteiger partial charge in [0, 0.05) is 25.8 Å². The number of pyridine rings is 1. The predicted octanol–water partition coefficient (Wildman–Crippen LogP) is 3.16. The number of carbonyl (C=O) groups is 1. The number of nitrogens with zero attached hydrogens (tertiary/aromatic N) is 2. The second kappa shape index (κ2) is 6.73. The van der Waals surface area contributed by atoms with Gasteiger partial charge in [-0.2, -0.15) is 0 Å². The van der Waals surface area contributed by atoms with E-state index in [0.717, 1.165) is 36.6 Å². The summed E-state index contributed by atoms with van der Waals surface area (Å²) < 4.78 is 0. The van der Waals surface area contributed by atoms with Crippen LogP contribution in [0, 0.1) is 5.92 Å². The molecule has 0 aromatic carbocycles. The predicted molar refractivity (Wildman–Crippen MR) is 81.9 cm³/mol. The number of carbonyl (C=O) groups excluding carboxylic acids is 1. The number of amides is 1. The second-order valence-electron chi connectivity index (χ2n) is 5.79. The average molecular weight is 275 g/mol. The van der Waals surface area contributed by atoms with Gasteiger partial charge in [-0.05, 0) is 31.7 Å². The first-order chi connectivity index (χ1) is 9.63. The third-order valence-corrected chi connectivity index (χ3v) is 4.20. The summed E-state index contributed by atoms with van der Waals surface area (Å²) in [6, 6.07) is 2.18. The van der Waals surface area contributed by atoms with E-state index in [0.29, 0.717) is 6.04 Å². The van der Waals surface area contributed by atoms with Crippen molar-refractivity contribution in [1.82, 2.24) is 9.88 Å². The fourth-order valence-corrected chi connectivity index (χ4v) is 3.02. The van der Waals surface area contributed by atoms with E-state index in [1.54, 1.807) is 12.4 Å². The molecule has 2 unspecified atom stereocenters. The summed E-state index contributed by atoms with van der Waals surface area (Å²) in [7, 11) is 1.93. The van der Waals surface area contributed by atoms with Gasteiger partial charge in [0.05, 0.1) is 17.4 Å². The van der Waals surface area contributed by atoms with Crippen molar-refractivity contribution >= 4 is 11.6 Å². The van der Waals surface area contributed by atoms with Crippen molar-refractivity contribution in [1.29, 1.82) is 0 Å². The van der Waals surface area contributed by atoms with E-state index < -0.39 is 0 Å². The molecular formula is C16H25N3O. The topological polar surface area (TPSA) is 45.2 Å². The maximum atomic E-state index is 12.7. The number of nitrogens with one attached hydrogen (secondary N) is 1. The van der Waals surface area contributed by atoms with Crippen LogP contribution in [0.5, 0.6) is 0 Å². The minimum Gasteiger partial charge on any atom is -0.383 e. The molecule has 4 nitrogen and oxygen atoms in total. The number of rotatable bonds is 4. The molecule has 1 N–H and O–H groups in total. The van der Waals surface area contributed by atoms with Crippen LogP contribution in [-0.4, -0.2) is 35.4 Å². The Morgan fingerprint density at radius 1 is 1.50 bits per heavy atom. The van der Waals surface area contributed by atoms with Crippen molar-refractivity contribution in [2.24, 2.45) is 5.92 Å². The monoisotopic (exact) mass is 275 g/mol. The van der Waals surface area contributed by atoms with Crippen molar-refractivity contribution in [2.45, 2.75) is 45.6 Å². The normalized spacial score (nSPS) is 22.4. The summed E-state index contributed by atoms with van der Waals surface area (Å²) in [5.74, 6) is 0.817. The number of anilines is 1. The van der Waals surface area contributed by atoms with Crippen LogP contribution < -0.4 is 5.32 Å². The Morgan fingerprint density at radius 2 is 2.30 bits per heavy atom. The molecule has 0 aliphatic heterocycles. The van der Waals surface area contributed by atoms with Crippen molar-refractivity contribution in [3.8, 4) is 0 Å². The summed E-state index contributed by atoms with van der Waals surface area (Å²) in [5, 5.41) is 3.21. The molecule has 0 radical (unpaired) electrons. The van der Waals surface area contributed by atoms with Gasteiger partial charge in [0.25, 0.3) is 5.91 Å². The first-order valence-electron chi connectivity index (χ1n) is 7.58. The second-order valence-corrected chi connectivity index (χ2v) is 5.79. The molecule has 0 spiro atoms. The fourth-order valence-electron chi connectivity index (χ4n) is 3.02. The van der Waals surface area contributed by atoms with Crippen LogP contribution in [-0.2, 0) is 0 Å². The zero-order chi connectivity index (χ0) is 14.5. The summed E-state index contributed by atoms with van der Waals surface area (Å²) in [4.78, 5) is 18.7. The zero-order valence-electron chi connectivity index (χ0n) is 12.7. The lowest BCUT2D eigenvalue weighted by Gasteiger charge is -2.34. The highest BCUT2D eigenvalue weighted by atomic mass is 16.2. The molecule has 4 heteroatoms. The molecule has 110 valence electrons. The Bertz CT molecular complexity index is 461. The fraction of sp³-hybridized carbons (Fsp3) is 0.625. The van der Waals surface area contributed by atoms with E-state index in [2.05, 4.69) is 17.2 Å². The van der Waals surface area contributed by atoms with Crippen LogP contribution in [0.3, 0.4) is 0 Å². The first-order valence-corrected chi connectivity index (χ1v) is 7.58. The van der Waals surface area contributed by atoms with Gasteiger partial charge in [0.15, 0.2) is 0 Å². The smallest absolute Gasteiger partial charge is 0.256 e. The molecule has 0 bridgehead atoms. The molecule has 2 atom stereocenters. The van der Waals surface area contributed by atoms with E-state index in [9.17, 15) is 4.79 Å². The van der Waals surface area contributed by atoms with Crippen LogP contribution in [0.4, 0.5) is 5.69 Å². The van der Waals surface area contributed by atoms with Gasteiger partial charge < -0.3 is 10.2 Å². The average Bonchev–Trinajstić information content (AvgIpc) is 2.47. The van der Waals surface area contributed by atoms with E-state index in [4.69, 9.17) is 0 Å². The number of aromatic nitrogens is 1. The highest BCUT2D eigenvalue weighted by molar-refractivity contribution is 5.99. The standard InChI is InChI=1S/C16H25N3O/c1-4-18-15-11-17-9-8-14(15)16(20)19(3)13-7-5-6-12(2)10-13/h8-9,11-13,18H,4-7,10H2,1-3H3. The lowest BCUT2D eigenvalue weighted by molar-refractivity contribution is 0.0673. The maximum absolute atomic E-state index is 12.7. The van der Waals surface area contributed by atoms with Gasteiger partial charge >= 0.3 is 0 Å². The van der Waals surface area contributed by atoms with Gasteiger partial charge in [-0.3, -0.25) is 9.78 Å².